The smallest absolute Gasteiger partial charge is 0.264 e. The first-order valence-electron chi connectivity index (χ1n) is 13.5. The second-order valence-electron chi connectivity index (χ2n) is 10.2. The molecule has 1 atom stereocenters. The minimum atomic E-state index is -4.19. The van der Waals surface area contributed by atoms with Crippen LogP contribution >= 0.6 is 11.6 Å². The maximum Gasteiger partial charge on any atom is 0.264 e. The van der Waals surface area contributed by atoms with Crippen LogP contribution in [0.4, 0.5) is 5.69 Å². The normalized spacial score (nSPS) is 12.1. The molecule has 0 bridgehead atoms. The van der Waals surface area contributed by atoms with Crippen molar-refractivity contribution >= 4 is 39.1 Å². The summed E-state index contributed by atoms with van der Waals surface area (Å²) in [5, 5.41) is 3.36. The number of hydrogen-bond acceptors (Lipinski definition) is 5. The van der Waals surface area contributed by atoms with Crippen LogP contribution in [0.1, 0.15) is 38.3 Å². The van der Waals surface area contributed by atoms with Crippen LogP contribution in [0.5, 0.6) is 5.75 Å². The Labute approximate surface area is 248 Å². The molecule has 0 fully saturated rings. The molecule has 0 aliphatic carbocycles. The summed E-state index contributed by atoms with van der Waals surface area (Å²) in [4.78, 5) is 28.9. The maximum absolute atomic E-state index is 14.1. The van der Waals surface area contributed by atoms with Crippen molar-refractivity contribution in [2.24, 2.45) is 5.92 Å². The molecular weight excluding hydrogens is 562 g/mol. The molecule has 0 aliphatic heterocycles. The maximum atomic E-state index is 14.1. The third kappa shape index (κ3) is 8.47. The van der Waals surface area contributed by atoms with Gasteiger partial charge in [0, 0.05) is 18.1 Å². The van der Waals surface area contributed by atoms with Crippen molar-refractivity contribution in [1.82, 2.24) is 10.2 Å². The number of nitrogens with zero attached hydrogens (tertiary/aromatic N) is 2. The molecule has 0 spiro atoms. The number of rotatable bonds is 13. The SMILES string of the molecule is CCC(C(=O)NCC(C)C)N(Cc1cccc(C)c1)C(=O)CN(c1ccc(Cl)cc1)S(=O)(=O)c1ccc(OC)cc1. The van der Waals surface area contributed by atoms with Gasteiger partial charge in [-0.1, -0.05) is 62.2 Å². The van der Waals surface area contributed by atoms with Gasteiger partial charge in [0.15, 0.2) is 0 Å². The highest BCUT2D eigenvalue weighted by Gasteiger charge is 2.33. The van der Waals surface area contributed by atoms with Crippen molar-refractivity contribution < 1.29 is 22.7 Å². The van der Waals surface area contributed by atoms with Crippen molar-refractivity contribution in [3.63, 3.8) is 0 Å². The largest absolute Gasteiger partial charge is 0.497 e. The molecule has 0 aliphatic rings. The van der Waals surface area contributed by atoms with Crippen LogP contribution in [0.2, 0.25) is 5.02 Å². The molecule has 0 saturated carbocycles. The van der Waals surface area contributed by atoms with Crippen LogP contribution in [-0.4, -0.2) is 51.4 Å². The topological polar surface area (TPSA) is 96.0 Å². The molecule has 0 heterocycles. The molecule has 2 amide bonds. The summed E-state index contributed by atoms with van der Waals surface area (Å²) in [6, 6.07) is 19.1. The van der Waals surface area contributed by atoms with Gasteiger partial charge in [0.25, 0.3) is 10.0 Å². The molecule has 0 aromatic heterocycles. The summed E-state index contributed by atoms with van der Waals surface area (Å²) in [7, 11) is -2.70. The average molecular weight is 600 g/mol. The fourth-order valence-electron chi connectivity index (χ4n) is 4.36. The van der Waals surface area contributed by atoms with Crippen molar-refractivity contribution in [2.45, 2.75) is 51.6 Å². The zero-order valence-electron chi connectivity index (χ0n) is 24.1. The Balaban J connectivity index is 2.04. The number of nitrogens with one attached hydrogen (secondary N) is 1. The van der Waals surface area contributed by atoms with Gasteiger partial charge in [-0.25, -0.2) is 8.42 Å². The fraction of sp³-hybridized carbons (Fsp3) is 0.355. The van der Waals surface area contributed by atoms with Crippen LogP contribution in [0.3, 0.4) is 0 Å². The first-order chi connectivity index (χ1) is 19.5. The zero-order valence-corrected chi connectivity index (χ0v) is 25.7. The van der Waals surface area contributed by atoms with Crippen LogP contribution < -0.4 is 14.4 Å². The highest BCUT2D eigenvalue weighted by atomic mass is 35.5. The molecule has 10 heteroatoms. The van der Waals surface area contributed by atoms with Crippen LogP contribution in [0.15, 0.2) is 77.7 Å². The minimum absolute atomic E-state index is 0.00648. The van der Waals surface area contributed by atoms with E-state index in [0.29, 0.717) is 23.7 Å². The summed E-state index contributed by atoms with van der Waals surface area (Å²) in [5.74, 6) is -0.0589. The van der Waals surface area contributed by atoms with Gasteiger partial charge >= 0.3 is 0 Å². The van der Waals surface area contributed by atoms with Gasteiger partial charge in [-0.05, 0) is 73.4 Å². The molecule has 8 nitrogen and oxygen atoms in total. The van der Waals surface area contributed by atoms with E-state index in [4.69, 9.17) is 16.3 Å². The standard InChI is InChI=1S/C31H38ClN3O5S/c1-6-29(31(37)33-19-22(2)3)34(20-24-9-7-8-23(4)18-24)30(36)21-35(26-12-10-25(32)11-13-26)41(38,39)28-16-14-27(40-5)15-17-28/h7-18,22,29H,6,19-21H2,1-5H3,(H,33,37). The summed E-state index contributed by atoms with van der Waals surface area (Å²) in [5.41, 5.74) is 2.12. The Bertz CT molecular complexity index is 1430. The van der Waals surface area contributed by atoms with E-state index in [1.54, 1.807) is 36.4 Å². The number of amides is 2. The third-order valence-corrected chi connectivity index (χ3v) is 8.59. The van der Waals surface area contributed by atoms with Crippen molar-refractivity contribution in [2.75, 3.05) is 24.5 Å². The molecule has 1 unspecified atom stereocenters. The number of benzene rings is 3. The van der Waals surface area contributed by atoms with Gasteiger partial charge in [-0.2, -0.15) is 0 Å². The highest BCUT2D eigenvalue weighted by Crippen LogP contribution is 2.27. The zero-order chi connectivity index (χ0) is 30.2. The van der Waals surface area contributed by atoms with E-state index in [-0.39, 0.29) is 29.0 Å². The van der Waals surface area contributed by atoms with Crippen LogP contribution in [-0.2, 0) is 26.2 Å². The Morgan fingerprint density at radius 3 is 2.22 bits per heavy atom. The average Bonchev–Trinajstić information content (AvgIpc) is 2.95. The number of carbonyl (C=O) groups excluding carboxylic acids is 2. The van der Waals surface area contributed by atoms with E-state index in [9.17, 15) is 18.0 Å². The monoisotopic (exact) mass is 599 g/mol. The van der Waals surface area contributed by atoms with Gasteiger partial charge in [-0.15, -0.1) is 0 Å². The molecular formula is C31H38ClN3O5S. The van der Waals surface area contributed by atoms with Crippen LogP contribution in [0, 0.1) is 12.8 Å². The first-order valence-corrected chi connectivity index (χ1v) is 15.3. The summed E-state index contributed by atoms with van der Waals surface area (Å²) < 4.78 is 34.1. The second kappa shape index (κ2) is 14.4. The lowest BCUT2D eigenvalue weighted by Gasteiger charge is -2.33. The molecule has 220 valence electrons. The highest BCUT2D eigenvalue weighted by molar-refractivity contribution is 7.92. The second-order valence-corrected chi connectivity index (χ2v) is 12.5. The Morgan fingerprint density at radius 1 is 1.00 bits per heavy atom. The number of sulfonamides is 1. The molecule has 0 saturated heterocycles. The third-order valence-electron chi connectivity index (χ3n) is 6.55. The number of anilines is 1. The Kier molecular flexibility index (Phi) is 11.2. The first kappa shape index (κ1) is 32.0. The van der Waals surface area contributed by atoms with Gasteiger partial charge < -0.3 is 15.0 Å². The number of carbonyl (C=O) groups is 2. The fourth-order valence-corrected chi connectivity index (χ4v) is 5.90. The molecule has 3 rings (SSSR count). The van der Waals surface area contributed by atoms with E-state index in [0.717, 1.165) is 15.4 Å². The van der Waals surface area contributed by atoms with Gasteiger partial charge in [0.2, 0.25) is 11.8 Å². The van der Waals surface area contributed by atoms with E-state index < -0.39 is 28.5 Å². The summed E-state index contributed by atoms with van der Waals surface area (Å²) >= 11 is 6.09. The van der Waals surface area contributed by atoms with E-state index in [1.165, 1.54) is 24.1 Å². The van der Waals surface area contributed by atoms with Gasteiger partial charge in [0.05, 0.1) is 17.7 Å². The molecule has 1 N–H and O–H groups in total. The molecule has 41 heavy (non-hydrogen) atoms. The predicted octanol–water partition coefficient (Wildman–Crippen LogP) is 5.43. The number of halogens is 1. The quantitative estimate of drug-likeness (QED) is 0.283. The van der Waals surface area contributed by atoms with E-state index in [2.05, 4.69) is 5.32 Å². The van der Waals surface area contributed by atoms with Crippen molar-refractivity contribution in [3.8, 4) is 5.75 Å². The Morgan fingerprint density at radius 2 is 1.66 bits per heavy atom. The molecule has 0 radical (unpaired) electrons. The summed E-state index contributed by atoms with van der Waals surface area (Å²) in [6.07, 6.45) is 0.355. The molecule has 3 aromatic carbocycles. The predicted molar refractivity (Wildman–Crippen MR) is 163 cm³/mol. The lowest BCUT2D eigenvalue weighted by atomic mass is 10.1. The van der Waals surface area contributed by atoms with E-state index >= 15 is 0 Å². The van der Waals surface area contributed by atoms with E-state index in [1.807, 2.05) is 52.0 Å². The number of aryl methyl sites for hydroxylation is 1. The van der Waals surface area contributed by atoms with Crippen molar-refractivity contribution in [1.29, 1.82) is 0 Å². The lowest BCUT2D eigenvalue weighted by molar-refractivity contribution is -0.140. The lowest BCUT2D eigenvalue weighted by Crippen LogP contribution is -2.52. The molecule has 3 aromatic rings. The van der Waals surface area contributed by atoms with Gasteiger partial charge in [0.1, 0.15) is 18.3 Å². The van der Waals surface area contributed by atoms with Gasteiger partial charge in [-0.3, -0.25) is 13.9 Å². The van der Waals surface area contributed by atoms with Crippen molar-refractivity contribution in [3.05, 3.63) is 88.9 Å². The van der Waals surface area contributed by atoms with Crippen LogP contribution in [0.25, 0.3) is 0 Å². The number of ether oxygens (including phenoxy) is 1. The minimum Gasteiger partial charge on any atom is -0.497 e. The number of hydrogen-bond donors (Lipinski definition) is 1. The number of methoxy groups -OCH3 is 1. The Hall–Kier alpha value is -3.56. The summed E-state index contributed by atoms with van der Waals surface area (Å²) in [6.45, 7) is 7.86.